The van der Waals surface area contributed by atoms with Crippen LogP contribution in [0.4, 0.5) is 10.8 Å². The second-order valence-electron chi connectivity index (χ2n) is 7.34. The van der Waals surface area contributed by atoms with Crippen LogP contribution in [0.5, 0.6) is 0 Å². The molecule has 6 nitrogen and oxygen atoms in total. The van der Waals surface area contributed by atoms with Crippen molar-refractivity contribution in [3.8, 4) is 0 Å². The number of aromatic nitrogens is 2. The van der Waals surface area contributed by atoms with E-state index in [2.05, 4.69) is 44.7 Å². The minimum Gasteiger partial charge on any atom is -0.368 e. The Bertz CT molecular complexity index is 755. The van der Waals surface area contributed by atoms with Gasteiger partial charge in [-0.05, 0) is 25.0 Å². The highest BCUT2D eigenvalue weighted by Crippen LogP contribution is 2.28. The Morgan fingerprint density at radius 3 is 2.57 bits per heavy atom. The summed E-state index contributed by atoms with van der Waals surface area (Å²) in [6.45, 7) is 3.32. The third-order valence-corrected chi connectivity index (χ3v) is 7.38. The Labute approximate surface area is 174 Å². The molecule has 1 N–H and O–H groups in total. The number of thioether (sulfide) groups is 1. The van der Waals surface area contributed by atoms with Crippen LogP contribution in [0.2, 0.25) is 0 Å². The van der Waals surface area contributed by atoms with E-state index >= 15 is 0 Å². The Balaban J connectivity index is 1.21. The molecule has 4 rings (SSSR count). The van der Waals surface area contributed by atoms with E-state index in [0.29, 0.717) is 11.8 Å². The maximum Gasteiger partial charge on any atom is 0.233 e. The third-order valence-electron chi connectivity index (χ3n) is 5.41. The Morgan fingerprint density at radius 1 is 1.07 bits per heavy atom. The number of nitrogens with one attached hydrogen (secondary N) is 1. The van der Waals surface area contributed by atoms with Gasteiger partial charge in [0.25, 0.3) is 0 Å². The molecule has 8 heteroatoms. The monoisotopic (exact) mass is 417 g/mol. The first-order valence-corrected chi connectivity index (χ1v) is 11.9. The van der Waals surface area contributed by atoms with Gasteiger partial charge in [0.2, 0.25) is 11.0 Å². The predicted octanol–water partition coefficient (Wildman–Crippen LogP) is 3.72. The molecule has 1 aromatic heterocycles. The first-order valence-electron chi connectivity index (χ1n) is 10.1. The van der Waals surface area contributed by atoms with Crippen molar-refractivity contribution in [3.63, 3.8) is 0 Å². The van der Waals surface area contributed by atoms with Gasteiger partial charge in [0.05, 0.1) is 5.75 Å². The summed E-state index contributed by atoms with van der Waals surface area (Å²) in [5, 5.41) is 12.9. The second-order valence-corrected chi connectivity index (χ2v) is 9.54. The SMILES string of the molecule is O=C(CSc1nnc(NC2CCCCC2)s1)N1CCN(c2ccccc2)CC1. The molecule has 2 fully saturated rings. The number of hydrogen-bond donors (Lipinski definition) is 1. The number of carbonyl (C=O) groups excluding carboxylic acids is 1. The van der Waals surface area contributed by atoms with Crippen molar-refractivity contribution in [2.75, 3.05) is 42.1 Å². The Morgan fingerprint density at radius 2 is 1.82 bits per heavy atom. The van der Waals surface area contributed by atoms with Gasteiger partial charge in [-0.3, -0.25) is 4.79 Å². The van der Waals surface area contributed by atoms with E-state index in [1.54, 1.807) is 11.3 Å². The molecule has 2 heterocycles. The summed E-state index contributed by atoms with van der Waals surface area (Å²) in [5.41, 5.74) is 1.23. The van der Waals surface area contributed by atoms with Gasteiger partial charge in [-0.15, -0.1) is 10.2 Å². The Hall–Kier alpha value is -1.80. The zero-order valence-corrected chi connectivity index (χ0v) is 17.7. The molecule has 1 saturated heterocycles. The molecular weight excluding hydrogens is 390 g/mol. The van der Waals surface area contributed by atoms with Crippen molar-refractivity contribution in [1.29, 1.82) is 0 Å². The highest BCUT2D eigenvalue weighted by Gasteiger charge is 2.22. The smallest absolute Gasteiger partial charge is 0.233 e. The lowest BCUT2D eigenvalue weighted by molar-refractivity contribution is -0.128. The molecule has 1 saturated carbocycles. The second kappa shape index (κ2) is 9.60. The fraction of sp³-hybridized carbons (Fsp3) is 0.550. The van der Waals surface area contributed by atoms with E-state index in [4.69, 9.17) is 0 Å². The van der Waals surface area contributed by atoms with Crippen LogP contribution in [0.25, 0.3) is 0 Å². The minimum atomic E-state index is 0.190. The van der Waals surface area contributed by atoms with Crippen LogP contribution in [0, 0.1) is 0 Å². The molecule has 0 unspecified atom stereocenters. The zero-order chi connectivity index (χ0) is 19.2. The number of hydrogen-bond acceptors (Lipinski definition) is 7. The van der Waals surface area contributed by atoms with Gasteiger partial charge in [-0.25, -0.2) is 0 Å². The highest BCUT2D eigenvalue weighted by atomic mass is 32.2. The molecule has 0 radical (unpaired) electrons. The standard InChI is InChI=1S/C20H27N5OS2/c26-18(25-13-11-24(12-14-25)17-9-5-2-6-10-17)15-27-20-23-22-19(28-20)21-16-7-3-1-4-8-16/h2,5-6,9-10,16H,1,3-4,7-8,11-15H2,(H,21,22). The topological polar surface area (TPSA) is 61.4 Å². The Kier molecular flexibility index (Phi) is 6.69. The number of nitrogens with zero attached hydrogens (tertiary/aromatic N) is 4. The average Bonchev–Trinajstić information content (AvgIpc) is 3.21. The molecule has 0 atom stereocenters. The summed E-state index contributed by atoms with van der Waals surface area (Å²) in [6.07, 6.45) is 6.37. The van der Waals surface area contributed by atoms with Crippen LogP contribution in [0.1, 0.15) is 32.1 Å². The van der Waals surface area contributed by atoms with Gasteiger partial charge < -0.3 is 15.1 Å². The molecule has 0 spiro atoms. The lowest BCUT2D eigenvalue weighted by Crippen LogP contribution is -2.49. The zero-order valence-electron chi connectivity index (χ0n) is 16.0. The predicted molar refractivity (Wildman–Crippen MR) is 116 cm³/mol. The molecule has 1 aliphatic heterocycles. The first-order chi connectivity index (χ1) is 13.8. The average molecular weight is 418 g/mol. The molecular formula is C20H27N5OS2. The van der Waals surface area contributed by atoms with Crippen LogP contribution < -0.4 is 10.2 Å². The van der Waals surface area contributed by atoms with Crippen LogP contribution in [0.3, 0.4) is 0 Å². The summed E-state index contributed by atoms with van der Waals surface area (Å²) >= 11 is 3.07. The maximum absolute atomic E-state index is 12.6. The first kappa shape index (κ1) is 19.5. The summed E-state index contributed by atoms with van der Waals surface area (Å²) in [4.78, 5) is 16.9. The van der Waals surface area contributed by atoms with Gasteiger partial charge in [-0.2, -0.15) is 0 Å². The van der Waals surface area contributed by atoms with Gasteiger partial charge in [0.15, 0.2) is 4.34 Å². The van der Waals surface area contributed by atoms with E-state index in [1.807, 2.05) is 11.0 Å². The number of amides is 1. The van der Waals surface area contributed by atoms with Gasteiger partial charge in [0.1, 0.15) is 0 Å². The largest absolute Gasteiger partial charge is 0.368 e. The van der Waals surface area contributed by atoms with Crippen LogP contribution in [-0.4, -0.2) is 59.0 Å². The molecule has 1 aromatic carbocycles. The molecule has 2 aromatic rings. The number of para-hydroxylation sites is 1. The van der Waals surface area contributed by atoms with E-state index in [1.165, 1.54) is 49.6 Å². The molecule has 0 bridgehead atoms. The lowest BCUT2D eigenvalue weighted by atomic mass is 9.96. The lowest BCUT2D eigenvalue weighted by Gasteiger charge is -2.36. The van der Waals surface area contributed by atoms with E-state index in [0.717, 1.165) is 35.7 Å². The number of benzene rings is 1. The van der Waals surface area contributed by atoms with Crippen molar-refractivity contribution in [1.82, 2.24) is 15.1 Å². The molecule has 150 valence electrons. The summed E-state index contributed by atoms with van der Waals surface area (Å²) < 4.78 is 0.870. The van der Waals surface area contributed by atoms with Crippen molar-refractivity contribution < 1.29 is 4.79 Å². The van der Waals surface area contributed by atoms with Crippen molar-refractivity contribution in [2.45, 2.75) is 42.5 Å². The van der Waals surface area contributed by atoms with Gasteiger partial charge in [-0.1, -0.05) is 60.6 Å². The van der Waals surface area contributed by atoms with Crippen molar-refractivity contribution in [2.24, 2.45) is 0 Å². The normalized spacial score (nSPS) is 18.3. The number of carbonyl (C=O) groups is 1. The maximum atomic E-state index is 12.6. The van der Waals surface area contributed by atoms with Gasteiger partial charge in [0, 0.05) is 37.9 Å². The van der Waals surface area contributed by atoms with Crippen LogP contribution in [0.15, 0.2) is 34.7 Å². The highest BCUT2D eigenvalue weighted by molar-refractivity contribution is 8.01. The third kappa shape index (κ3) is 5.17. The number of piperazine rings is 1. The van der Waals surface area contributed by atoms with Crippen molar-refractivity contribution >= 4 is 39.8 Å². The van der Waals surface area contributed by atoms with Gasteiger partial charge >= 0.3 is 0 Å². The molecule has 1 aliphatic carbocycles. The van der Waals surface area contributed by atoms with Crippen LogP contribution in [-0.2, 0) is 4.79 Å². The summed E-state index contributed by atoms with van der Waals surface area (Å²) in [7, 11) is 0. The fourth-order valence-corrected chi connectivity index (χ4v) is 5.55. The van der Waals surface area contributed by atoms with E-state index in [9.17, 15) is 4.79 Å². The minimum absolute atomic E-state index is 0.190. The summed E-state index contributed by atoms with van der Waals surface area (Å²) in [5.74, 6) is 0.623. The molecule has 1 amide bonds. The molecule has 28 heavy (non-hydrogen) atoms. The number of rotatable bonds is 6. The van der Waals surface area contributed by atoms with Crippen LogP contribution >= 0.6 is 23.1 Å². The summed E-state index contributed by atoms with van der Waals surface area (Å²) in [6, 6.07) is 10.9. The molecule has 2 aliphatic rings. The number of anilines is 2. The van der Waals surface area contributed by atoms with E-state index in [-0.39, 0.29) is 5.91 Å². The quantitative estimate of drug-likeness (QED) is 0.723. The fourth-order valence-electron chi connectivity index (χ4n) is 3.82. The van der Waals surface area contributed by atoms with Crippen molar-refractivity contribution in [3.05, 3.63) is 30.3 Å². The van der Waals surface area contributed by atoms with E-state index < -0.39 is 0 Å².